The van der Waals surface area contributed by atoms with Crippen molar-refractivity contribution in [2.24, 2.45) is 0 Å². The van der Waals surface area contributed by atoms with Crippen LogP contribution in [0.3, 0.4) is 0 Å². The van der Waals surface area contributed by atoms with Gasteiger partial charge in [-0.3, -0.25) is 0 Å². The van der Waals surface area contributed by atoms with Gasteiger partial charge in [0.2, 0.25) is 0 Å². The third kappa shape index (κ3) is 5.84. The van der Waals surface area contributed by atoms with E-state index in [1.54, 1.807) is 0 Å². The van der Waals surface area contributed by atoms with Gasteiger partial charge in [-0.1, -0.05) is 73.7 Å². The van der Waals surface area contributed by atoms with Crippen LogP contribution in [0.2, 0.25) is 0 Å². The van der Waals surface area contributed by atoms with Crippen LogP contribution in [-0.4, -0.2) is 11.5 Å². The minimum absolute atomic E-state index is 1.26. The highest BCUT2D eigenvalue weighted by Crippen LogP contribution is 2.58. The average molecular weight is 381 g/mol. The molecule has 2 aliphatic rings. The monoisotopic (exact) mass is 380 g/mol. The summed E-state index contributed by atoms with van der Waals surface area (Å²) in [6, 6.07) is 0. The van der Waals surface area contributed by atoms with Crippen LogP contribution in [0, 0.1) is 0 Å². The van der Waals surface area contributed by atoms with Crippen LogP contribution >= 0.6 is 70.6 Å². The SMILES string of the molecule is CCCCSC1=CS/C(=C2/SC=C(SCCCC)S2)S1. The summed E-state index contributed by atoms with van der Waals surface area (Å²) in [4.78, 5) is 0. The zero-order valence-electron chi connectivity index (χ0n) is 11.8. The maximum Gasteiger partial charge on any atom is 0.0706 e. The number of unbranched alkanes of at least 4 members (excludes halogenated alkanes) is 2. The topological polar surface area (TPSA) is 0 Å². The Balaban J connectivity index is 1.74. The van der Waals surface area contributed by atoms with Crippen molar-refractivity contribution in [3.63, 3.8) is 0 Å². The van der Waals surface area contributed by atoms with Gasteiger partial charge in [-0.05, 0) is 35.2 Å². The van der Waals surface area contributed by atoms with E-state index in [9.17, 15) is 0 Å². The Bertz CT molecular complexity index is 372. The molecule has 2 rings (SSSR count). The van der Waals surface area contributed by atoms with Crippen molar-refractivity contribution in [1.82, 2.24) is 0 Å². The first-order chi connectivity index (χ1) is 9.83. The van der Waals surface area contributed by atoms with Crippen molar-refractivity contribution in [2.45, 2.75) is 39.5 Å². The van der Waals surface area contributed by atoms with Gasteiger partial charge < -0.3 is 0 Å². The molecule has 0 aromatic heterocycles. The Morgan fingerprint density at radius 1 is 0.800 bits per heavy atom. The van der Waals surface area contributed by atoms with Crippen molar-refractivity contribution in [1.29, 1.82) is 0 Å². The molecule has 0 bridgehead atoms. The van der Waals surface area contributed by atoms with E-state index in [0.29, 0.717) is 0 Å². The van der Waals surface area contributed by atoms with E-state index < -0.39 is 0 Å². The lowest BCUT2D eigenvalue weighted by Crippen LogP contribution is -1.76. The fourth-order valence-corrected chi connectivity index (χ4v) is 9.41. The van der Waals surface area contributed by atoms with Crippen LogP contribution < -0.4 is 0 Å². The van der Waals surface area contributed by atoms with E-state index in [0.717, 1.165) is 0 Å². The molecule has 20 heavy (non-hydrogen) atoms. The highest BCUT2D eigenvalue weighted by Gasteiger charge is 2.22. The van der Waals surface area contributed by atoms with Gasteiger partial charge in [0.15, 0.2) is 0 Å². The first kappa shape index (κ1) is 17.7. The van der Waals surface area contributed by atoms with E-state index >= 15 is 0 Å². The van der Waals surface area contributed by atoms with Crippen LogP contribution in [0.5, 0.6) is 0 Å². The number of hydrogen-bond acceptors (Lipinski definition) is 6. The predicted molar refractivity (Wildman–Crippen MR) is 108 cm³/mol. The lowest BCUT2D eigenvalue weighted by atomic mass is 10.4. The molecule has 0 saturated carbocycles. The predicted octanol–water partition coefficient (Wildman–Crippen LogP) is 7.74. The zero-order valence-corrected chi connectivity index (χ0v) is 16.7. The molecule has 0 N–H and O–H groups in total. The van der Waals surface area contributed by atoms with Crippen molar-refractivity contribution in [3.05, 3.63) is 27.8 Å². The number of rotatable bonds is 8. The molecular weight excluding hydrogens is 361 g/mol. The molecule has 0 atom stereocenters. The Kier molecular flexibility index (Phi) is 8.98. The maximum absolute atomic E-state index is 2.33. The van der Waals surface area contributed by atoms with Crippen LogP contribution in [0.15, 0.2) is 27.8 Å². The summed E-state index contributed by atoms with van der Waals surface area (Å²) in [5.74, 6) is 2.52. The molecule has 0 aromatic carbocycles. The third-order valence-corrected chi connectivity index (χ3v) is 10.7. The van der Waals surface area contributed by atoms with Crippen molar-refractivity contribution >= 4 is 70.6 Å². The second-order valence-electron chi connectivity index (χ2n) is 4.29. The van der Waals surface area contributed by atoms with Crippen LogP contribution in [-0.2, 0) is 0 Å². The summed E-state index contributed by atoms with van der Waals surface area (Å²) in [5.41, 5.74) is 0. The van der Waals surface area contributed by atoms with Crippen molar-refractivity contribution in [3.8, 4) is 0 Å². The quantitative estimate of drug-likeness (QED) is 0.392. The van der Waals surface area contributed by atoms with Crippen LogP contribution in [0.1, 0.15) is 39.5 Å². The lowest BCUT2D eigenvalue weighted by Gasteiger charge is -2.03. The van der Waals surface area contributed by atoms with E-state index in [4.69, 9.17) is 0 Å². The van der Waals surface area contributed by atoms with Gasteiger partial charge in [0.1, 0.15) is 0 Å². The Morgan fingerprint density at radius 3 is 1.65 bits per heavy atom. The lowest BCUT2D eigenvalue weighted by molar-refractivity contribution is 0.897. The number of hydrogen-bond donors (Lipinski definition) is 0. The minimum Gasteiger partial charge on any atom is -0.118 e. The van der Waals surface area contributed by atoms with Gasteiger partial charge in [-0.25, -0.2) is 0 Å². The summed E-state index contributed by atoms with van der Waals surface area (Å²) < 4.78 is 5.95. The summed E-state index contributed by atoms with van der Waals surface area (Å²) >= 11 is 11.8. The molecule has 6 heteroatoms. The molecule has 2 aliphatic heterocycles. The molecule has 2 heterocycles. The molecule has 0 nitrogen and oxygen atoms in total. The Hall–Kier alpha value is 1.32. The fourth-order valence-electron chi connectivity index (χ4n) is 1.42. The van der Waals surface area contributed by atoms with E-state index in [1.807, 2.05) is 70.6 Å². The molecule has 0 fully saturated rings. The highest BCUT2D eigenvalue weighted by molar-refractivity contribution is 8.40. The van der Waals surface area contributed by atoms with Crippen LogP contribution in [0.4, 0.5) is 0 Å². The minimum atomic E-state index is 1.26. The fraction of sp³-hybridized carbons (Fsp3) is 0.571. The van der Waals surface area contributed by atoms with Gasteiger partial charge in [-0.2, -0.15) is 0 Å². The molecule has 0 unspecified atom stereocenters. The Morgan fingerprint density at radius 2 is 1.25 bits per heavy atom. The van der Waals surface area contributed by atoms with Gasteiger partial charge >= 0.3 is 0 Å². The number of thioether (sulfide) groups is 6. The van der Waals surface area contributed by atoms with Gasteiger partial charge in [-0.15, -0.1) is 23.5 Å². The molecule has 112 valence electrons. The van der Waals surface area contributed by atoms with E-state index in [2.05, 4.69) is 24.7 Å². The average Bonchev–Trinajstić information content (AvgIpc) is 3.08. The molecule has 0 amide bonds. The summed E-state index contributed by atoms with van der Waals surface area (Å²) in [5, 5.41) is 4.66. The maximum atomic E-state index is 2.33. The highest BCUT2D eigenvalue weighted by atomic mass is 32.2. The van der Waals surface area contributed by atoms with Crippen molar-refractivity contribution < 1.29 is 0 Å². The largest absolute Gasteiger partial charge is 0.118 e. The Labute approximate surface area is 148 Å². The zero-order chi connectivity index (χ0) is 14.2. The first-order valence-electron chi connectivity index (χ1n) is 6.92. The van der Waals surface area contributed by atoms with Crippen LogP contribution in [0.25, 0.3) is 0 Å². The van der Waals surface area contributed by atoms with Gasteiger partial charge in [0.25, 0.3) is 0 Å². The standard InChI is InChI=1S/C14H20S6/c1-3-5-7-15-11-9-17-13(19-11)14-18-10-12(20-14)16-8-6-4-2/h9-10H,3-8H2,1-2H3/b14-13+. The second-order valence-corrected chi connectivity index (χ2v) is 11.5. The van der Waals surface area contributed by atoms with Crippen molar-refractivity contribution in [2.75, 3.05) is 11.5 Å². The van der Waals surface area contributed by atoms with Gasteiger partial charge in [0.05, 0.1) is 16.9 Å². The molecule has 0 spiro atoms. The van der Waals surface area contributed by atoms with E-state index in [1.165, 1.54) is 54.1 Å². The molecular formula is C14H20S6. The molecule has 0 aliphatic carbocycles. The second kappa shape index (κ2) is 10.2. The van der Waals surface area contributed by atoms with E-state index in [-0.39, 0.29) is 0 Å². The summed E-state index contributed by atoms with van der Waals surface area (Å²) in [6.45, 7) is 4.52. The van der Waals surface area contributed by atoms with Gasteiger partial charge in [0, 0.05) is 0 Å². The summed E-state index contributed by atoms with van der Waals surface area (Å²) in [6.07, 6.45) is 5.23. The molecule has 0 radical (unpaired) electrons. The molecule has 0 saturated heterocycles. The normalized spacial score (nSPS) is 22.3. The summed E-state index contributed by atoms with van der Waals surface area (Å²) in [7, 11) is 0. The smallest absolute Gasteiger partial charge is 0.0706 e. The third-order valence-electron chi connectivity index (χ3n) is 2.56. The first-order valence-corrected chi connectivity index (χ1v) is 12.3. The molecule has 0 aromatic rings.